The molecule has 0 saturated heterocycles. The average Bonchev–Trinajstić information content (AvgIpc) is 1.57. The standard InChI is InChI=1S/C108H140N12O20/c1-9-13-17-21-25-29-33-37-41-45-73-77-57-79-74(46-42-38-34-30-26-22-18-14-10-2)81-59-83-76(48-44-40-36-32-28-24-20-16-12-4)84-60-82-75(47-43-39-35-31-27-23-19-15-11-3)80-58-78(73)86-62-88(80)136-112-52-54-114(98-96(112)104(128)119(106(98)130)71(7)67-123)138-90(82)64-92(84)140-116-56-55-115(99-100(116)108(132)120(107(99)131)72(8)68-124)139-91(83)63-89(81)137-113-53-51-111(95-97(113)105(129)118(103(95)127)70(6)66-122)135-87(79)61-85(77)133-109-49-50-110(134-86)94-93(109)101(125)117(102(94)126)69(5)65-121/h49-64,69-76,121-124H,9-48,65-68H2,1-8H3/t69-,70-,71-,72-,73?,74?,75?,76?/m1/s1. The summed E-state index contributed by atoms with van der Waals surface area (Å²) in [6.07, 6.45) is 48.5. The molecule has 752 valence electrons. The Balaban J connectivity index is 1.06. The van der Waals surface area contributed by atoms with Crippen molar-refractivity contribution in [3.63, 3.8) is 0 Å². The van der Waals surface area contributed by atoms with E-state index in [4.69, 9.17) is 38.7 Å². The van der Waals surface area contributed by atoms with Gasteiger partial charge in [0.15, 0.2) is 88.8 Å². The van der Waals surface area contributed by atoms with Crippen molar-refractivity contribution in [1.29, 1.82) is 0 Å². The molecule has 20 rings (SSSR count). The highest BCUT2D eigenvalue weighted by Crippen LogP contribution is 2.55. The van der Waals surface area contributed by atoms with Gasteiger partial charge in [0.1, 0.15) is 0 Å². The normalized spacial score (nSPS) is 16.3. The molecule has 4 N–H and O–H groups in total. The number of aliphatic hydroxyl groups excluding tert-OH is 4. The van der Waals surface area contributed by atoms with Crippen LogP contribution >= 0.6 is 0 Å². The van der Waals surface area contributed by atoms with Gasteiger partial charge >= 0.3 is 0 Å². The Labute approximate surface area is 811 Å². The van der Waals surface area contributed by atoms with Gasteiger partial charge in [-0.1, -0.05) is 259 Å². The van der Waals surface area contributed by atoms with Crippen LogP contribution < -0.4 is 83.2 Å². The summed E-state index contributed by atoms with van der Waals surface area (Å²) < 4.78 is 13.7. The summed E-state index contributed by atoms with van der Waals surface area (Å²) >= 11 is 0. The van der Waals surface area contributed by atoms with E-state index in [-0.39, 0.29) is 88.8 Å². The van der Waals surface area contributed by atoms with Gasteiger partial charge in [-0.05, 0) is 77.6 Å². The Morgan fingerprint density at radius 1 is 0.207 bits per heavy atom. The quantitative estimate of drug-likeness (QED) is 0.0257. The highest BCUT2D eigenvalue weighted by atomic mass is 16.7. The predicted molar refractivity (Wildman–Crippen MR) is 529 cm³/mol. The van der Waals surface area contributed by atoms with Crippen molar-refractivity contribution < 1.29 is 59.1 Å². The van der Waals surface area contributed by atoms with E-state index in [2.05, 4.69) is 52.0 Å². The molecule has 4 aromatic rings. The number of rotatable bonds is 48. The van der Waals surface area contributed by atoms with E-state index < -0.39 is 119 Å². The summed E-state index contributed by atoms with van der Waals surface area (Å²) in [5.41, 5.74) is -2.30. The molecule has 0 aliphatic carbocycles. The van der Waals surface area contributed by atoms with Crippen molar-refractivity contribution in [2.75, 3.05) is 26.4 Å². The second kappa shape index (κ2) is 44.9. The topological polar surface area (TPSA) is 350 Å². The van der Waals surface area contributed by atoms with Crippen LogP contribution in [0.3, 0.4) is 0 Å². The van der Waals surface area contributed by atoms with E-state index in [0.717, 1.165) is 224 Å². The van der Waals surface area contributed by atoms with Gasteiger partial charge in [-0.25, -0.2) is 0 Å². The molecular formula is C108H140N12O20. The molecule has 4 atom stereocenters. The molecule has 0 unspecified atom stereocenters. The second-order valence-electron chi connectivity index (χ2n) is 39.8. The van der Waals surface area contributed by atoms with Crippen molar-refractivity contribution in [3.8, 4) is 46.0 Å². The molecule has 0 radical (unpaired) electrons. The Morgan fingerprint density at radius 3 is 0.464 bits per heavy atom. The molecule has 4 aromatic carbocycles. The summed E-state index contributed by atoms with van der Waals surface area (Å²) in [6.45, 7) is 12.6. The van der Waals surface area contributed by atoms with E-state index in [1.54, 1.807) is 52.0 Å². The molecule has 0 amide bonds. The zero-order chi connectivity index (χ0) is 98.1. The first kappa shape index (κ1) is 99.6. The molecule has 16 heterocycles. The van der Waals surface area contributed by atoms with Gasteiger partial charge in [-0.15, -0.1) is 0 Å². The third kappa shape index (κ3) is 19.7. The molecule has 8 bridgehead atoms. The Morgan fingerprint density at radius 2 is 0.336 bits per heavy atom. The van der Waals surface area contributed by atoms with E-state index >= 15 is 38.4 Å². The summed E-state index contributed by atoms with van der Waals surface area (Å²) in [4.78, 5) is 187. The molecule has 32 nitrogen and oxygen atoms in total. The van der Waals surface area contributed by atoms with Gasteiger partial charge in [-0.2, -0.15) is 37.8 Å². The number of hydrogen-bond acceptors (Lipinski definition) is 20. The SMILES string of the molecule is CCCCCCCCCCCC1c2cc3c4cc2On2ccn(c5c(=O)n([C@H](C)CO)c(=O)c2=5)Oc2cc5c(cc21)C(CCCCCCCCCCC)c1cc2c(cc1On1ccn(c6c(=O)n([C@H](C)CO)c(=O)c1=6)O5)On1ccn(c5c(=O)n([C@H](C)CO)c(=O)c1=5)Oc1cc(c(cc1C2CCCCCCCCCCC)C3CCCCCCCCCCC)On1ccn(c2c(=O)n([C@H](C)CO)c(=O)c1=2)O4. The highest BCUT2D eigenvalue weighted by Gasteiger charge is 2.41. The van der Waals surface area contributed by atoms with Gasteiger partial charge in [0.05, 0.1) is 100 Å². The highest BCUT2D eigenvalue weighted by molar-refractivity contribution is 5.64. The van der Waals surface area contributed by atoms with Crippen LogP contribution in [-0.2, 0) is 0 Å². The van der Waals surface area contributed by atoms with Gasteiger partial charge < -0.3 is 59.1 Å². The first-order valence-electron chi connectivity index (χ1n) is 52.3. The smallest absolute Gasteiger partial charge is 0.283 e. The van der Waals surface area contributed by atoms with Crippen LogP contribution in [0.25, 0.3) is 0 Å². The molecule has 32 heteroatoms. The minimum absolute atomic E-state index is 0.110. The third-order valence-corrected chi connectivity index (χ3v) is 29.7. The maximum absolute atomic E-state index is 15.8. The first-order chi connectivity index (χ1) is 68.2. The van der Waals surface area contributed by atoms with Gasteiger partial charge in [0, 0.05) is 92.4 Å². The van der Waals surface area contributed by atoms with E-state index in [1.165, 1.54) is 87.4 Å². The van der Waals surface area contributed by atoms with Crippen LogP contribution in [-0.4, -0.2) is 103 Å². The van der Waals surface area contributed by atoms with Gasteiger partial charge in [-0.3, -0.25) is 56.6 Å². The van der Waals surface area contributed by atoms with Crippen LogP contribution in [0.2, 0.25) is 0 Å². The fourth-order valence-corrected chi connectivity index (χ4v) is 21.9. The van der Waals surface area contributed by atoms with Crippen molar-refractivity contribution >= 4 is 0 Å². The van der Waals surface area contributed by atoms with Gasteiger partial charge in [0.2, 0.25) is 0 Å². The molecule has 0 spiro atoms. The number of hydrogen-bond donors (Lipinski definition) is 4. The average molecular weight is 1930 g/mol. The predicted octanol–water partition coefficient (Wildman–Crippen LogP) is 17.8. The molecule has 0 saturated carbocycles. The lowest BCUT2D eigenvalue weighted by atomic mass is 9.76. The van der Waals surface area contributed by atoms with E-state index in [1.807, 2.05) is 0 Å². The Bertz CT molecular complexity index is 6060. The number of unbranched alkanes of at least 4 members (excludes halogenated alkanes) is 32. The van der Waals surface area contributed by atoms with Crippen LogP contribution in [0.5, 0.6) is 46.0 Å². The summed E-state index contributed by atoms with van der Waals surface area (Å²) in [5, 5.41) is 41.8. The van der Waals surface area contributed by atoms with Crippen LogP contribution in [0.4, 0.5) is 0 Å². The lowest BCUT2D eigenvalue weighted by molar-refractivity contribution is 0.163. The first-order valence-corrected chi connectivity index (χ1v) is 52.3. The van der Waals surface area contributed by atoms with Crippen molar-refractivity contribution in [2.45, 2.75) is 360 Å². The molecule has 140 heavy (non-hydrogen) atoms. The number of aromatic nitrogens is 12. The maximum atomic E-state index is 15.8. The van der Waals surface area contributed by atoms with Crippen LogP contribution in [0.15, 0.2) is 136 Å². The molecule has 0 fully saturated rings. The van der Waals surface area contributed by atoms with Gasteiger partial charge in [0.25, 0.3) is 44.5 Å². The zero-order valence-corrected chi connectivity index (χ0v) is 82.7. The van der Waals surface area contributed by atoms with E-state index in [0.29, 0.717) is 95.9 Å². The maximum Gasteiger partial charge on any atom is 0.283 e. The van der Waals surface area contributed by atoms with E-state index in [9.17, 15) is 20.4 Å². The van der Waals surface area contributed by atoms with Crippen molar-refractivity contribution in [2.24, 2.45) is 0 Å². The van der Waals surface area contributed by atoms with Crippen LogP contribution in [0, 0.1) is 42.8 Å². The Kier molecular flexibility index (Phi) is 31.9. The zero-order valence-electron chi connectivity index (χ0n) is 82.7. The monoisotopic (exact) mass is 1930 g/mol. The molecular weight excluding hydrogens is 1790 g/mol. The van der Waals surface area contributed by atoms with Crippen molar-refractivity contribution in [3.05, 3.63) is 268 Å². The minimum atomic E-state index is -1.07. The molecule has 16 aliphatic rings. The van der Waals surface area contributed by atoms with Crippen molar-refractivity contribution in [1.82, 2.24) is 56.1 Å². The number of fused-ring (bicyclic) bond motifs is 4. The third-order valence-electron chi connectivity index (χ3n) is 29.7. The second-order valence-corrected chi connectivity index (χ2v) is 39.8. The lowest BCUT2D eigenvalue weighted by Crippen LogP contribution is -2.32. The Hall–Kier alpha value is -12.0. The minimum Gasteiger partial charge on any atom is -0.394 e. The van der Waals surface area contributed by atoms with Crippen LogP contribution in [0.1, 0.15) is 405 Å². The fourth-order valence-electron chi connectivity index (χ4n) is 21.9. The summed E-state index contributed by atoms with van der Waals surface area (Å²) in [6, 6.07) is 11.0. The number of nitrogens with zero attached hydrogens (tertiary/aromatic N) is 12. The summed E-state index contributed by atoms with van der Waals surface area (Å²) in [5.74, 6) is -2.43. The summed E-state index contributed by atoms with van der Waals surface area (Å²) in [7, 11) is 0. The largest absolute Gasteiger partial charge is 0.394 e. The molecule has 0 aromatic heterocycles. The molecule has 16 aliphatic heterocycles. The number of benzene rings is 4. The number of aliphatic hydroxyl groups is 4. The fraction of sp³-hybridized carbons (Fsp3) is 0.556. The lowest BCUT2D eigenvalue weighted by Gasteiger charge is -2.31.